The van der Waals surface area contributed by atoms with Crippen LogP contribution in [-0.4, -0.2) is 46.5 Å². The zero-order valence-corrected chi connectivity index (χ0v) is 17.0. The number of aryl methyl sites for hydroxylation is 1. The second kappa shape index (κ2) is 8.06. The molecule has 0 spiro atoms. The lowest BCUT2D eigenvalue weighted by Gasteiger charge is -2.13. The first kappa shape index (κ1) is 20.2. The van der Waals surface area contributed by atoms with Crippen molar-refractivity contribution in [2.45, 2.75) is 13.5 Å². The standard InChI is InChI=1S/C20H26N2O3.ClH/c1-13-17(23-4)8-7-14-15-11-18(24-5)19(25-6)12-16(15)22(20(13)14)10-9-21(2)3;/h7-8,11-12H,9-10H2,1-6H3;1H. The molecule has 0 bridgehead atoms. The number of nitrogens with one attached hydrogen (secondary N) is 1. The number of fused-ring (bicyclic) bond motifs is 3. The molecule has 0 amide bonds. The molecule has 0 fully saturated rings. The number of benzene rings is 2. The van der Waals surface area contributed by atoms with Gasteiger partial charge >= 0.3 is 0 Å². The summed E-state index contributed by atoms with van der Waals surface area (Å²) in [5.74, 6) is 2.41. The molecule has 0 aliphatic heterocycles. The molecule has 0 radical (unpaired) electrons. The minimum absolute atomic E-state index is 0. The molecule has 1 aromatic heterocycles. The first-order valence-corrected chi connectivity index (χ1v) is 8.52. The number of aromatic nitrogens is 1. The summed E-state index contributed by atoms with van der Waals surface area (Å²) in [6.45, 7) is 4.07. The molecule has 0 atom stereocenters. The quantitative estimate of drug-likeness (QED) is 0.615. The van der Waals surface area contributed by atoms with Gasteiger partial charge in [-0.3, -0.25) is 0 Å². The van der Waals surface area contributed by atoms with Crippen molar-refractivity contribution in [3.8, 4) is 17.2 Å². The highest BCUT2D eigenvalue weighted by molar-refractivity contribution is 6.10. The first-order chi connectivity index (χ1) is 12.0. The Hall–Kier alpha value is -2.11. The SMILES string of the molecule is COc1cc2c3ccc(OC)c(C)c3n(CC[NH+](C)C)c2cc1OC.[Cl-]. The third-order valence-electron chi connectivity index (χ3n) is 4.79. The molecule has 5 nitrogen and oxygen atoms in total. The van der Waals surface area contributed by atoms with Crippen LogP contribution >= 0.6 is 0 Å². The average molecular weight is 379 g/mol. The van der Waals surface area contributed by atoms with E-state index in [2.05, 4.69) is 43.8 Å². The van der Waals surface area contributed by atoms with Gasteiger partial charge in [0.15, 0.2) is 11.5 Å². The van der Waals surface area contributed by atoms with Crippen molar-refractivity contribution in [1.82, 2.24) is 4.57 Å². The number of ether oxygens (including phenoxy) is 3. The van der Waals surface area contributed by atoms with E-state index >= 15 is 0 Å². The largest absolute Gasteiger partial charge is 1.00 e. The molecule has 3 aromatic rings. The summed E-state index contributed by atoms with van der Waals surface area (Å²) in [5, 5.41) is 2.38. The molecule has 0 unspecified atom stereocenters. The summed E-state index contributed by atoms with van der Waals surface area (Å²) < 4.78 is 19.0. The molecular formula is C20H27ClN2O3. The van der Waals surface area contributed by atoms with Crippen LogP contribution in [0, 0.1) is 6.92 Å². The van der Waals surface area contributed by atoms with Gasteiger partial charge in [-0.05, 0) is 25.1 Å². The number of rotatable bonds is 6. The molecule has 26 heavy (non-hydrogen) atoms. The van der Waals surface area contributed by atoms with Gasteiger partial charge in [0, 0.05) is 22.4 Å². The third kappa shape index (κ3) is 3.29. The van der Waals surface area contributed by atoms with E-state index in [1.54, 1.807) is 21.3 Å². The van der Waals surface area contributed by atoms with E-state index < -0.39 is 0 Å². The number of likely N-dealkylation sites (N-methyl/N-ethyl adjacent to an activating group) is 1. The lowest BCUT2D eigenvalue weighted by molar-refractivity contribution is -0.858. The Morgan fingerprint density at radius 2 is 1.50 bits per heavy atom. The van der Waals surface area contributed by atoms with Gasteiger partial charge in [-0.25, -0.2) is 0 Å². The maximum atomic E-state index is 5.55. The van der Waals surface area contributed by atoms with Gasteiger partial charge in [-0.2, -0.15) is 0 Å². The highest BCUT2D eigenvalue weighted by atomic mass is 35.5. The van der Waals surface area contributed by atoms with E-state index in [1.165, 1.54) is 21.2 Å². The van der Waals surface area contributed by atoms with E-state index in [0.717, 1.165) is 41.4 Å². The lowest BCUT2D eigenvalue weighted by Crippen LogP contribution is -3.06. The van der Waals surface area contributed by atoms with Crippen molar-refractivity contribution in [3.63, 3.8) is 0 Å². The van der Waals surface area contributed by atoms with Gasteiger partial charge in [0.25, 0.3) is 0 Å². The highest BCUT2D eigenvalue weighted by Crippen LogP contribution is 2.40. The van der Waals surface area contributed by atoms with Crippen LogP contribution in [0.4, 0.5) is 0 Å². The van der Waals surface area contributed by atoms with Crippen LogP contribution in [0.2, 0.25) is 0 Å². The molecule has 0 saturated carbocycles. The van der Waals surface area contributed by atoms with Crippen molar-refractivity contribution in [3.05, 3.63) is 29.8 Å². The summed E-state index contributed by atoms with van der Waals surface area (Å²) in [5.41, 5.74) is 3.53. The molecule has 142 valence electrons. The molecule has 6 heteroatoms. The molecule has 0 aliphatic carbocycles. The number of methoxy groups -OCH3 is 3. The molecule has 2 aromatic carbocycles. The van der Waals surface area contributed by atoms with Crippen LogP contribution in [0.3, 0.4) is 0 Å². The maximum Gasteiger partial charge on any atom is 0.162 e. The Morgan fingerprint density at radius 1 is 0.885 bits per heavy atom. The second-order valence-electron chi connectivity index (χ2n) is 6.62. The van der Waals surface area contributed by atoms with Crippen LogP contribution in [0.5, 0.6) is 17.2 Å². The van der Waals surface area contributed by atoms with Gasteiger partial charge in [0.05, 0.1) is 59.5 Å². The predicted molar refractivity (Wildman–Crippen MR) is 102 cm³/mol. The van der Waals surface area contributed by atoms with Crippen molar-refractivity contribution in [1.29, 1.82) is 0 Å². The van der Waals surface area contributed by atoms with Crippen LogP contribution in [-0.2, 0) is 6.54 Å². The Labute approximate surface area is 160 Å². The lowest BCUT2D eigenvalue weighted by atomic mass is 10.1. The van der Waals surface area contributed by atoms with Gasteiger partial charge in [0.1, 0.15) is 5.75 Å². The Kier molecular flexibility index (Phi) is 6.26. The molecule has 0 aliphatic rings. The fraction of sp³-hybridized carbons (Fsp3) is 0.400. The predicted octanol–water partition coefficient (Wildman–Crippen LogP) is -0.723. The average Bonchev–Trinajstić information content (AvgIpc) is 2.92. The van der Waals surface area contributed by atoms with Crippen LogP contribution < -0.4 is 31.5 Å². The zero-order valence-electron chi connectivity index (χ0n) is 16.3. The Morgan fingerprint density at radius 3 is 2.08 bits per heavy atom. The van der Waals surface area contributed by atoms with Crippen molar-refractivity contribution in [2.24, 2.45) is 0 Å². The van der Waals surface area contributed by atoms with E-state index in [4.69, 9.17) is 14.2 Å². The number of hydrogen-bond acceptors (Lipinski definition) is 3. The third-order valence-corrected chi connectivity index (χ3v) is 4.79. The zero-order chi connectivity index (χ0) is 18.1. The van der Waals surface area contributed by atoms with Crippen molar-refractivity contribution >= 4 is 21.8 Å². The number of hydrogen-bond donors (Lipinski definition) is 1. The topological polar surface area (TPSA) is 37.1 Å². The summed E-state index contributed by atoms with van der Waals surface area (Å²) in [4.78, 5) is 1.41. The summed E-state index contributed by atoms with van der Waals surface area (Å²) in [7, 11) is 9.41. The van der Waals surface area contributed by atoms with Crippen molar-refractivity contribution in [2.75, 3.05) is 42.0 Å². The normalized spacial score (nSPS) is 11.0. The van der Waals surface area contributed by atoms with Crippen LogP contribution in [0.1, 0.15) is 5.56 Å². The van der Waals surface area contributed by atoms with E-state index in [0.29, 0.717) is 0 Å². The molecule has 1 heterocycles. The van der Waals surface area contributed by atoms with Gasteiger partial charge in [-0.15, -0.1) is 0 Å². The van der Waals surface area contributed by atoms with Crippen molar-refractivity contribution < 1.29 is 31.5 Å². The van der Waals surface area contributed by atoms with Gasteiger partial charge < -0.3 is 36.1 Å². The van der Waals surface area contributed by atoms with Crippen LogP contribution in [0.15, 0.2) is 24.3 Å². The molecular weight excluding hydrogens is 352 g/mol. The number of halogens is 1. The van der Waals surface area contributed by atoms with E-state index in [-0.39, 0.29) is 12.4 Å². The molecule has 3 rings (SSSR count). The summed E-state index contributed by atoms with van der Waals surface area (Å²) >= 11 is 0. The number of nitrogens with zero attached hydrogens (tertiary/aromatic N) is 1. The van der Waals surface area contributed by atoms with Crippen LogP contribution in [0.25, 0.3) is 21.8 Å². The Balaban J connectivity index is 0.00000243. The second-order valence-corrected chi connectivity index (χ2v) is 6.62. The Bertz CT molecular complexity index is 919. The fourth-order valence-corrected chi connectivity index (χ4v) is 3.46. The summed E-state index contributed by atoms with van der Waals surface area (Å²) in [6, 6.07) is 8.32. The first-order valence-electron chi connectivity index (χ1n) is 8.52. The molecule has 0 saturated heterocycles. The van der Waals surface area contributed by atoms with E-state index in [9.17, 15) is 0 Å². The minimum Gasteiger partial charge on any atom is -1.00 e. The molecule has 1 N–H and O–H groups in total. The number of quaternary nitrogens is 1. The van der Waals surface area contributed by atoms with E-state index in [1.807, 2.05) is 6.07 Å². The smallest absolute Gasteiger partial charge is 0.162 e. The monoisotopic (exact) mass is 378 g/mol. The van der Waals surface area contributed by atoms with Gasteiger partial charge in [0.2, 0.25) is 0 Å². The maximum absolute atomic E-state index is 5.55. The van der Waals surface area contributed by atoms with Gasteiger partial charge in [-0.1, -0.05) is 0 Å². The fourth-order valence-electron chi connectivity index (χ4n) is 3.46. The minimum atomic E-state index is 0. The highest BCUT2D eigenvalue weighted by Gasteiger charge is 2.18. The summed E-state index contributed by atoms with van der Waals surface area (Å²) in [6.07, 6.45) is 0.